The summed E-state index contributed by atoms with van der Waals surface area (Å²) in [6.07, 6.45) is 1.79. The maximum absolute atomic E-state index is 5.48. The molecule has 0 unspecified atom stereocenters. The lowest BCUT2D eigenvalue weighted by Crippen LogP contribution is -2.20. The molecule has 0 atom stereocenters. The molecule has 2 rings (SSSR count). The van der Waals surface area contributed by atoms with Crippen LogP contribution in [0.5, 0.6) is 0 Å². The van der Waals surface area contributed by atoms with Crippen LogP contribution in [0.25, 0.3) is 0 Å². The first-order valence-electron chi connectivity index (χ1n) is 6.90. The van der Waals surface area contributed by atoms with Crippen LogP contribution in [-0.4, -0.2) is 15.0 Å². The molecule has 0 aliphatic carbocycles. The Labute approximate surface area is 125 Å². The zero-order chi connectivity index (χ0) is 15.5. The highest BCUT2D eigenvalue weighted by Gasteiger charge is 2.19. The summed E-state index contributed by atoms with van der Waals surface area (Å²) >= 11 is 0. The van der Waals surface area contributed by atoms with Gasteiger partial charge in [0.05, 0.1) is 12.2 Å². The normalized spacial score (nSPS) is 11.3. The van der Waals surface area contributed by atoms with Crippen molar-refractivity contribution in [3.05, 3.63) is 41.5 Å². The maximum atomic E-state index is 5.48. The lowest BCUT2D eigenvalue weighted by Gasteiger charge is -2.18. The minimum absolute atomic E-state index is 0.149. The van der Waals surface area contributed by atoms with Gasteiger partial charge in [-0.2, -0.15) is 0 Å². The minimum atomic E-state index is -0.149. The molecule has 0 saturated carbocycles. The van der Waals surface area contributed by atoms with E-state index >= 15 is 0 Å². The molecule has 0 amide bonds. The van der Waals surface area contributed by atoms with Gasteiger partial charge in [-0.05, 0) is 18.6 Å². The van der Waals surface area contributed by atoms with Crippen LogP contribution in [0.15, 0.2) is 24.4 Å². The smallest absolute Gasteiger partial charge is 0.145 e. The standard InChI is InChI=1S/C15H22N6/c1-10-6-5-7-17-11(10)9-18-12-8-13(21-16)20-14(19-12)15(2,3)4/h5-8H,9,16H2,1-4H3,(H2,18,19,20,21). The molecular formula is C15H22N6. The van der Waals surface area contributed by atoms with E-state index in [-0.39, 0.29) is 5.41 Å². The van der Waals surface area contributed by atoms with Crippen LogP contribution in [-0.2, 0) is 12.0 Å². The van der Waals surface area contributed by atoms with Crippen molar-refractivity contribution in [3.8, 4) is 0 Å². The molecule has 0 aliphatic heterocycles. The van der Waals surface area contributed by atoms with Crippen molar-refractivity contribution in [2.45, 2.75) is 39.7 Å². The topological polar surface area (TPSA) is 88.8 Å². The Morgan fingerprint density at radius 2 is 1.90 bits per heavy atom. The molecule has 6 nitrogen and oxygen atoms in total. The Morgan fingerprint density at radius 3 is 2.52 bits per heavy atom. The van der Waals surface area contributed by atoms with Crippen LogP contribution in [0.4, 0.5) is 11.6 Å². The van der Waals surface area contributed by atoms with Crippen molar-refractivity contribution >= 4 is 11.6 Å². The number of nitrogens with zero attached hydrogens (tertiary/aromatic N) is 3. The van der Waals surface area contributed by atoms with Crippen LogP contribution in [0.1, 0.15) is 37.9 Å². The highest BCUT2D eigenvalue weighted by Crippen LogP contribution is 2.22. The Morgan fingerprint density at radius 1 is 1.19 bits per heavy atom. The summed E-state index contributed by atoms with van der Waals surface area (Å²) in [5.74, 6) is 7.54. The van der Waals surface area contributed by atoms with Gasteiger partial charge in [-0.3, -0.25) is 4.98 Å². The summed E-state index contributed by atoms with van der Waals surface area (Å²) in [5.41, 5.74) is 4.58. The predicted octanol–water partition coefficient (Wildman–Crippen LogP) is 2.38. The van der Waals surface area contributed by atoms with E-state index in [1.165, 1.54) is 0 Å². The third-order valence-electron chi connectivity index (χ3n) is 3.10. The second-order valence-corrected chi connectivity index (χ2v) is 5.98. The van der Waals surface area contributed by atoms with Gasteiger partial charge in [0.1, 0.15) is 17.5 Å². The lowest BCUT2D eigenvalue weighted by molar-refractivity contribution is 0.546. The Bertz CT molecular complexity index is 618. The number of pyridine rings is 1. The predicted molar refractivity (Wildman–Crippen MR) is 84.8 cm³/mol. The van der Waals surface area contributed by atoms with Crippen LogP contribution >= 0.6 is 0 Å². The van der Waals surface area contributed by atoms with Gasteiger partial charge in [-0.1, -0.05) is 26.8 Å². The molecule has 0 aromatic carbocycles. The lowest BCUT2D eigenvalue weighted by atomic mass is 9.96. The summed E-state index contributed by atoms with van der Waals surface area (Å²) < 4.78 is 0. The fraction of sp³-hybridized carbons (Fsp3) is 0.400. The van der Waals surface area contributed by atoms with Gasteiger partial charge in [-0.15, -0.1) is 0 Å². The van der Waals surface area contributed by atoms with E-state index < -0.39 is 0 Å². The van der Waals surface area contributed by atoms with Crippen LogP contribution in [0.2, 0.25) is 0 Å². The molecule has 6 heteroatoms. The van der Waals surface area contributed by atoms with E-state index in [0.717, 1.165) is 22.9 Å². The molecule has 2 aromatic rings. The second-order valence-electron chi connectivity index (χ2n) is 5.98. The van der Waals surface area contributed by atoms with Crippen LogP contribution in [0.3, 0.4) is 0 Å². The van der Waals surface area contributed by atoms with Gasteiger partial charge < -0.3 is 10.7 Å². The van der Waals surface area contributed by atoms with Crippen molar-refractivity contribution < 1.29 is 0 Å². The number of hydrogen-bond donors (Lipinski definition) is 3. The van der Waals surface area contributed by atoms with Crippen molar-refractivity contribution in [3.63, 3.8) is 0 Å². The monoisotopic (exact) mass is 286 g/mol. The summed E-state index contributed by atoms with van der Waals surface area (Å²) in [4.78, 5) is 13.3. The van der Waals surface area contributed by atoms with E-state index in [1.807, 2.05) is 19.1 Å². The van der Waals surface area contributed by atoms with Gasteiger partial charge in [0.25, 0.3) is 0 Å². The third-order valence-corrected chi connectivity index (χ3v) is 3.10. The number of nitrogens with one attached hydrogen (secondary N) is 2. The van der Waals surface area contributed by atoms with Gasteiger partial charge in [0.15, 0.2) is 0 Å². The summed E-state index contributed by atoms with van der Waals surface area (Å²) in [6.45, 7) is 8.84. The SMILES string of the molecule is Cc1cccnc1CNc1cc(NN)nc(C(C)(C)C)n1. The molecule has 0 spiro atoms. The molecule has 4 N–H and O–H groups in total. The number of nitrogens with two attached hydrogens (primary N) is 1. The second kappa shape index (κ2) is 6.05. The largest absolute Gasteiger partial charge is 0.364 e. The molecule has 2 heterocycles. The average Bonchev–Trinajstić information content (AvgIpc) is 2.45. The van der Waals surface area contributed by atoms with Gasteiger partial charge in [0, 0.05) is 17.7 Å². The fourth-order valence-electron chi connectivity index (χ4n) is 1.82. The first kappa shape index (κ1) is 15.2. The molecule has 0 bridgehead atoms. The van der Waals surface area contributed by atoms with Crippen molar-refractivity contribution in [1.82, 2.24) is 15.0 Å². The molecule has 112 valence electrons. The van der Waals surface area contributed by atoms with Crippen LogP contribution in [0, 0.1) is 6.92 Å². The van der Waals surface area contributed by atoms with Crippen LogP contribution < -0.4 is 16.6 Å². The number of aryl methyl sites for hydroxylation is 1. The number of aromatic nitrogens is 3. The third kappa shape index (κ3) is 3.88. The summed E-state index contributed by atoms with van der Waals surface area (Å²) in [7, 11) is 0. The number of hydrogen-bond acceptors (Lipinski definition) is 6. The van der Waals surface area contributed by atoms with E-state index in [2.05, 4.69) is 46.5 Å². The quantitative estimate of drug-likeness (QED) is 0.590. The van der Waals surface area contributed by atoms with Crippen molar-refractivity contribution in [2.75, 3.05) is 10.7 Å². The van der Waals surface area contributed by atoms with E-state index in [1.54, 1.807) is 12.3 Å². The number of rotatable bonds is 4. The highest BCUT2D eigenvalue weighted by atomic mass is 15.3. The molecular weight excluding hydrogens is 264 g/mol. The zero-order valence-corrected chi connectivity index (χ0v) is 12.9. The summed E-state index contributed by atoms with van der Waals surface area (Å²) in [5, 5.41) is 3.28. The average molecular weight is 286 g/mol. The number of hydrazine groups is 1. The maximum Gasteiger partial charge on any atom is 0.145 e. The molecule has 0 aliphatic rings. The van der Waals surface area contributed by atoms with E-state index in [4.69, 9.17) is 5.84 Å². The Balaban J connectivity index is 2.22. The number of nitrogen functional groups attached to an aromatic ring is 1. The summed E-state index contributed by atoms with van der Waals surface area (Å²) in [6, 6.07) is 5.75. The van der Waals surface area contributed by atoms with Crippen molar-refractivity contribution in [1.29, 1.82) is 0 Å². The molecule has 2 aromatic heterocycles. The van der Waals surface area contributed by atoms with E-state index in [0.29, 0.717) is 12.4 Å². The Kier molecular flexibility index (Phi) is 4.37. The zero-order valence-electron chi connectivity index (χ0n) is 12.9. The number of anilines is 2. The van der Waals surface area contributed by atoms with Gasteiger partial charge in [0.2, 0.25) is 0 Å². The van der Waals surface area contributed by atoms with Gasteiger partial charge in [-0.25, -0.2) is 15.8 Å². The molecule has 0 saturated heterocycles. The minimum Gasteiger partial charge on any atom is -0.364 e. The molecule has 0 radical (unpaired) electrons. The van der Waals surface area contributed by atoms with Gasteiger partial charge >= 0.3 is 0 Å². The Hall–Kier alpha value is -2.21. The first-order chi connectivity index (χ1) is 9.90. The molecule has 0 fully saturated rings. The van der Waals surface area contributed by atoms with Crippen molar-refractivity contribution in [2.24, 2.45) is 5.84 Å². The fourth-order valence-corrected chi connectivity index (χ4v) is 1.82. The van der Waals surface area contributed by atoms with E-state index in [9.17, 15) is 0 Å². The highest BCUT2D eigenvalue weighted by molar-refractivity contribution is 5.47. The molecule has 21 heavy (non-hydrogen) atoms. The first-order valence-corrected chi connectivity index (χ1v) is 6.90.